The van der Waals surface area contributed by atoms with Gasteiger partial charge < -0.3 is 10.6 Å². The van der Waals surface area contributed by atoms with Crippen molar-refractivity contribution in [3.8, 4) is 0 Å². The SMILES string of the molecule is Cc1cc(Br)ccc1N(CCCN)C(=O)C(F)(F)F. The number of carbonyl (C=O) groups is 1. The van der Waals surface area contributed by atoms with Crippen molar-refractivity contribution < 1.29 is 18.0 Å². The number of halogens is 4. The minimum atomic E-state index is -4.89. The van der Waals surface area contributed by atoms with Gasteiger partial charge in [0.1, 0.15) is 0 Å². The van der Waals surface area contributed by atoms with Gasteiger partial charge in [-0.25, -0.2) is 0 Å². The van der Waals surface area contributed by atoms with Crippen LogP contribution in [0.5, 0.6) is 0 Å². The molecule has 0 saturated heterocycles. The number of alkyl halides is 3. The predicted molar refractivity (Wildman–Crippen MR) is 71.0 cm³/mol. The highest BCUT2D eigenvalue weighted by atomic mass is 79.9. The van der Waals surface area contributed by atoms with Crippen molar-refractivity contribution in [3.05, 3.63) is 28.2 Å². The first-order valence-electron chi connectivity index (χ1n) is 5.62. The molecule has 0 aliphatic carbocycles. The number of nitrogens with zero attached hydrogens (tertiary/aromatic N) is 1. The van der Waals surface area contributed by atoms with Crippen LogP contribution in [0.3, 0.4) is 0 Å². The highest BCUT2D eigenvalue weighted by Gasteiger charge is 2.43. The maximum Gasteiger partial charge on any atom is 0.471 e. The van der Waals surface area contributed by atoms with Crippen LogP contribution in [0.2, 0.25) is 0 Å². The minimum absolute atomic E-state index is 0.0582. The number of aryl methyl sites for hydroxylation is 1. The molecule has 0 bridgehead atoms. The number of hydrogen-bond acceptors (Lipinski definition) is 2. The molecule has 0 aliphatic rings. The van der Waals surface area contributed by atoms with Gasteiger partial charge in [0.15, 0.2) is 0 Å². The van der Waals surface area contributed by atoms with Crippen LogP contribution in [-0.4, -0.2) is 25.2 Å². The van der Waals surface area contributed by atoms with E-state index in [1.807, 2.05) is 0 Å². The van der Waals surface area contributed by atoms with E-state index in [1.54, 1.807) is 19.1 Å². The topological polar surface area (TPSA) is 46.3 Å². The summed E-state index contributed by atoms with van der Waals surface area (Å²) in [6.45, 7) is 1.81. The van der Waals surface area contributed by atoms with Gasteiger partial charge in [-0.05, 0) is 43.7 Å². The molecule has 106 valence electrons. The molecular formula is C12H14BrF3N2O. The molecule has 3 nitrogen and oxygen atoms in total. The largest absolute Gasteiger partial charge is 0.471 e. The summed E-state index contributed by atoms with van der Waals surface area (Å²) < 4.78 is 38.5. The third-order valence-corrected chi connectivity index (χ3v) is 3.02. The Morgan fingerprint density at radius 3 is 2.53 bits per heavy atom. The molecule has 0 fully saturated rings. The van der Waals surface area contributed by atoms with Gasteiger partial charge >= 0.3 is 12.1 Å². The van der Waals surface area contributed by atoms with Crippen molar-refractivity contribution in [2.24, 2.45) is 5.73 Å². The zero-order chi connectivity index (χ0) is 14.6. The minimum Gasteiger partial charge on any atom is -0.330 e. The summed E-state index contributed by atoms with van der Waals surface area (Å²) in [5.74, 6) is -1.87. The van der Waals surface area contributed by atoms with Crippen LogP contribution >= 0.6 is 15.9 Å². The van der Waals surface area contributed by atoms with Crippen molar-refractivity contribution >= 4 is 27.5 Å². The Bertz CT molecular complexity index is 463. The van der Waals surface area contributed by atoms with Gasteiger partial charge in [-0.3, -0.25) is 4.79 Å². The van der Waals surface area contributed by atoms with Gasteiger partial charge in [0, 0.05) is 16.7 Å². The summed E-state index contributed by atoms with van der Waals surface area (Å²) in [4.78, 5) is 12.2. The Morgan fingerprint density at radius 1 is 1.42 bits per heavy atom. The molecule has 19 heavy (non-hydrogen) atoms. The average molecular weight is 339 g/mol. The Kier molecular flexibility index (Phi) is 5.37. The molecular weight excluding hydrogens is 325 g/mol. The lowest BCUT2D eigenvalue weighted by molar-refractivity contribution is -0.170. The number of nitrogens with two attached hydrogens (primary N) is 1. The Balaban J connectivity index is 3.12. The summed E-state index contributed by atoms with van der Waals surface area (Å²) in [6, 6.07) is 4.75. The summed E-state index contributed by atoms with van der Waals surface area (Å²) >= 11 is 3.23. The molecule has 1 amide bonds. The average Bonchev–Trinajstić information content (AvgIpc) is 2.30. The van der Waals surface area contributed by atoms with Crippen LogP contribution in [0, 0.1) is 6.92 Å². The number of benzene rings is 1. The Labute approximate surface area is 117 Å². The van der Waals surface area contributed by atoms with Crippen molar-refractivity contribution in [3.63, 3.8) is 0 Å². The van der Waals surface area contributed by atoms with E-state index < -0.39 is 12.1 Å². The van der Waals surface area contributed by atoms with Crippen LogP contribution in [0.4, 0.5) is 18.9 Å². The van der Waals surface area contributed by atoms with Crippen molar-refractivity contribution in [2.45, 2.75) is 19.5 Å². The first-order chi connectivity index (χ1) is 8.77. The van der Waals surface area contributed by atoms with Gasteiger partial charge in [-0.15, -0.1) is 0 Å². The van der Waals surface area contributed by atoms with E-state index in [0.717, 1.165) is 9.37 Å². The van der Waals surface area contributed by atoms with Crippen LogP contribution in [-0.2, 0) is 4.79 Å². The Hall–Kier alpha value is -1.08. The zero-order valence-electron chi connectivity index (χ0n) is 10.3. The van der Waals surface area contributed by atoms with E-state index in [-0.39, 0.29) is 18.8 Å². The molecule has 2 N–H and O–H groups in total. The summed E-state index contributed by atoms with van der Waals surface area (Å²) in [5, 5.41) is 0. The van der Waals surface area contributed by atoms with E-state index in [1.165, 1.54) is 6.07 Å². The fourth-order valence-electron chi connectivity index (χ4n) is 1.66. The number of rotatable bonds is 4. The van der Waals surface area contributed by atoms with Gasteiger partial charge in [0.25, 0.3) is 0 Å². The normalized spacial score (nSPS) is 11.5. The first kappa shape index (κ1) is 16.0. The third kappa shape index (κ3) is 4.21. The molecule has 0 atom stereocenters. The lowest BCUT2D eigenvalue weighted by Gasteiger charge is -2.25. The quantitative estimate of drug-likeness (QED) is 0.917. The fraction of sp³-hybridized carbons (Fsp3) is 0.417. The van der Waals surface area contributed by atoms with E-state index in [0.29, 0.717) is 12.0 Å². The second-order valence-electron chi connectivity index (χ2n) is 4.03. The summed E-state index contributed by atoms with van der Waals surface area (Å²) in [6.07, 6.45) is -4.59. The molecule has 7 heteroatoms. The van der Waals surface area contributed by atoms with E-state index in [2.05, 4.69) is 15.9 Å². The monoisotopic (exact) mass is 338 g/mol. The summed E-state index contributed by atoms with van der Waals surface area (Å²) in [7, 11) is 0. The molecule has 1 rings (SSSR count). The van der Waals surface area contributed by atoms with Gasteiger partial charge in [-0.2, -0.15) is 13.2 Å². The molecule has 0 aliphatic heterocycles. The van der Waals surface area contributed by atoms with Gasteiger partial charge in [-0.1, -0.05) is 15.9 Å². The van der Waals surface area contributed by atoms with Gasteiger partial charge in [0.2, 0.25) is 0 Å². The van der Waals surface area contributed by atoms with Crippen LogP contribution in [0.1, 0.15) is 12.0 Å². The van der Waals surface area contributed by atoms with E-state index in [9.17, 15) is 18.0 Å². The van der Waals surface area contributed by atoms with Crippen molar-refractivity contribution in [2.75, 3.05) is 18.0 Å². The zero-order valence-corrected chi connectivity index (χ0v) is 11.9. The molecule has 0 heterocycles. The van der Waals surface area contributed by atoms with Crippen LogP contribution < -0.4 is 10.6 Å². The van der Waals surface area contributed by atoms with Crippen molar-refractivity contribution in [1.82, 2.24) is 0 Å². The van der Waals surface area contributed by atoms with E-state index >= 15 is 0 Å². The highest BCUT2D eigenvalue weighted by Crippen LogP contribution is 2.28. The molecule has 0 spiro atoms. The molecule has 0 radical (unpaired) electrons. The Morgan fingerprint density at radius 2 is 2.05 bits per heavy atom. The second-order valence-corrected chi connectivity index (χ2v) is 4.94. The lowest BCUT2D eigenvalue weighted by Crippen LogP contribution is -2.42. The van der Waals surface area contributed by atoms with Crippen LogP contribution in [0.25, 0.3) is 0 Å². The third-order valence-electron chi connectivity index (χ3n) is 2.52. The fourth-order valence-corrected chi connectivity index (χ4v) is 2.13. The van der Waals surface area contributed by atoms with Crippen LogP contribution in [0.15, 0.2) is 22.7 Å². The molecule has 0 unspecified atom stereocenters. The summed E-state index contributed by atoms with van der Waals surface area (Å²) in [5.41, 5.74) is 6.14. The predicted octanol–water partition coefficient (Wildman–Crippen LogP) is 3.00. The number of carbonyl (C=O) groups excluding carboxylic acids is 1. The smallest absolute Gasteiger partial charge is 0.330 e. The molecule has 1 aromatic carbocycles. The molecule has 0 aromatic heterocycles. The first-order valence-corrected chi connectivity index (χ1v) is 6.41. The lowest BCUT2D eigenvalue weighted by atomic mass is 10.1. The number of anilines is 1. The maximum atomic E-state index is 12.6. The highest BCUT2D eigenvalue weighted by molar-refractivity contribution is 9.10. The van der Waals surface area contributed by atoms with Crippen molar-refractivity contribution in [1.29, 1.82) is 0 Å². The molecule has 1 aromatic rings. The van der Waals surface area contributed by atoms with Gasteiger partial charge in [0.05, 0.1) is 0 Å². The number of amides is 1. The molecule has 0 saturated carbocycles. The van der Waals surface area contributed by atoms with E-state index in [4.69, 9.17) is 5.73 Å². The number of hydrogen-bond donors (Lipinski definition) is 1. The standard InChI is InChI=1S/C12H14BrF3N2O/c1-8-7-9(13)3-4-10(8)18(6-2-5-17)11(19)12(14,15)16/h3-4,7H,2,5-6,17H2,1H3. The second kappa shape index (κ2) is 6.38. The maximum absolute atomic E-state index is 12.6.